The molecule has 2 aromatic rings. The summed E-state index contributed by atoms with van der Waals surface area (Å²) in [6.45, 7) is 2.83. The number of urea groups is 1. The van der Waals surface area contributed by atoms with Gasteiger partial charge in [0.15, 0.2) is 0 Å². The lowest BCUT2D eigenvalue weighted by atomic mass is 9.88. The van der Waals surface area contributed by atoms with Crippen LogP contribution in [0.3, 0.4) is 0 Å². The van der Waals surface area contributed by atoms with E-state index in [1.54, 1.807) is 30.0 Å². The molecular formula is C24H24BrCl2N3O4. The van der Waals surface area contributed by atoms with Crippen molar-refractivity contribution in [1.82, 2.24) is 9.80 Å². The topological polar surface area (TPSA) is 81.2 Å². The number of anilines is 1. The first-order valence-electron chi connectivity index (χ1n) is 10.9. The number of amides is 3. The van der Waals surface area contributed by atoms with Gasteiger partial charge in [-0.1, -0.05) is 51.3 Å². The van der Waals surface area contributed by atoms with Crippen molar-refractivity contribution >= 4 is 62.7 Å². The molecule has 1 unspecified atom stereocenters. The fourth-order valence-corrected chi connectivity index (χ4v) is 5.67. The summed E-state index contributed by atoms with van der Waals surface area (Å²) in [5, 5.41) is 9.77. The van der Waals surface area contributed by atoms with E-state index in [9.17, 15) is 14.4 Å². The Labute approximate surface area is 216 Å². The number of aliphatic carboxylic acids is 1. The van der Waals surface area contributed by atoms with E-state index in [2.05, 4.69) is 15.9 Å². The molecule has 1 N–H and O–H groups in total. The molecule has 0 bridgehead atoms. The van der Waals surface area contributed by atoms with E-state index in [4.69, 9.17) is 28.3 Å². The van der Waals surface area contributed by atoms with Crippen molar-refractivity contribution < 1.29 is 19.5 Å². The smallest absolute Gasteiger partial charge is 0.332 e. The first kappa shape index (κ1) is 25.0. The molecule has 2 aliphatic heterocycles. The van der Waals surface area contributed by atoms with Gasteiger partial charge in [0, 0.05) is 40.1 Å². The molecule has 7 nitrogen and oxygen atoms in total. The Morgan fingerprint density at radius 1 is 1.09 bits per heavy atom. The van der Waals surface area contributed by atoms with Gasteiger partial charge in [-0.05, 0) is 55.7 Å². The maximum atomic E-state index is 13.9. The van der Waals surface area contributed by atoms with Crippen molar-refractivity contribution in [3.63, 3.8) is 0 Å². The molecule has 0 aliphatic carbocycles. The third kappa shape index (κ3) is 4.96. The number of carboxylic acid groups (broad SMARTS) is 1. The lowest BCUT2D eigenvalue weighted by Gasteiger charge is -2.42. The summed E-state index contributed by atoms with van der Waals surface area (Å²) in [6, 6.07) is 11.7. The lowest BCUT2D eigenvalue weighted by molar-refractivity contribution is -0.138. The second-order valence-electron chi connectivity index (χ2n) is 8.90. The first-order chi connectivity index (χ1) is 16.1. The normalized spacial score (nSPS) is 22.0. The van der Waals surface area contributed by atoms with Crippen molar-refractivity contribution in [3.8, 4) is 0 Å². The molecule has 0 radical (unpaired) electrons. The zero-order valence-electron chi connectivity index (χ0n) is 18.5. The van der Waals surface area contributed by atoms with Gasteiger partial charge < -0.3 is 10.0 Å². The summed E-state index contributed by atoms with van der Waals surface area (Å²) in [4.78, 5) is 43.5. The average molecular weight is 569 g/mol. The van der Waals surface area contributed by atoms with Crippen LogP contribution in [0.4, 0.5) is 10.5 Å². The highest BCUT2D eigenvalue weighted by Gasteiger charge is 2.57. The van der Waals surface area contributed by atoms with Gasteiger partial charge in [-0.2, -0.15) is 0 Å². The molecule has 0 aromatic heterocycles. The van der Waals surface area contributed by atoms with Crippen LogP contribution in [-0.2, 0) is 16.0 Å². The number of carbonyl (C=O) groups excluding carboxylic acids is 2. The van der Waals surface area contributed by atoms with Crippen molar-refractivity contribution in [2.24, 2.45) is 0 Å². The highest BCUT2D eigenvalue weighted by molar-refractivity contribution is 9.10. The minimum absolute atomic E-state index is 0.0388. The quantitative estimate of drug-likeness (QED) is 0.492. The van der Waals surface area contributed by atoms with Crippen LogP contribution in [0.5, 0.6) is 0 Å². The SMILES string of the molecule is CC1(Cc2ccc(Br)cc2)C(=O)N(c2cc(Cl)cc(Cl)c2)C(=O)N1C1CCN(CC(=O)O)CC1. The van der Waals surface area contributed by atoms with Crippen LogP contribution >= 0.6 is 39.1 Å². The number of nitrogens with zero attached hydrogens (tertiary/aromatic N) is 3. The summed E-state index contributed by atoms with van der Waals surface area (Å²) in [7, 11) is 0. The fourth-order valence-electron chi connectivity index (χ4n) is 4.89. The van der Waals surface area contributed by atoms with Crippen LogP contribution in [0.1, 0.15) is 25.3 Å². The van der Waals surface area contributed by atoms with Crippen molar-refractivity contribution in [2.45, 2.75) is 37.8 Å². The van der Waals surface area contributed by atoms with Gasteiger partial charge in [0.05, 0.1) is 12.2 Å². The van der Waals surface area contributed by atoms with Gasteiger partial charge >= 0.3 is 12.0 Å². The Bertz CT molecular complexity index is 1100. The Kier molecular flexibility index (Phi) is 7.24. The van der Waals surface area contributed by atoms with E-state index in [0.717, 1.165) is 10.0 Å². The number of piperidine rings is 1. The molecular weight excluding hydrogens is 545 g/mol. The van der Waals surface area contributed by atoms with Gasteiger partial charge in [-0.15, -0.1) is 0 Å². The molecule has 1 atom stereocenters. The second kappa shape index (κ2) is 9.85. The van der Waals surface area contributed by atoms with Gasteiger partial charge in [0.25, 0.3) is 5.91 Å². The van der Waals surface area contributed by atoms with Gasteiger partial charge in [0.1, 0.15) is 5.54 Å². The number of imide groups is 1. The third-order valence-electron chi connectivity index (χ3n) is 6.44. The minimum Gasteiger partial charge on any atom is -0.480 e. The molecule has 180 valence electrons. The molecule has 3 amide bonds. The lowest BCUT2D eigenvalue weighted by Crippen LogP contribution is -2.56. The standard InChI is InChI=1S/C24H24BrCl2N3O4/c1-24(13-15-2-4-16(25)5-3-15)22(33)29(20-11-17(26)10-18(27)12-20)23(34)30(24)19-6-8-28(9-7-19)14-21(31)32/h2-5,10-12,19H,6-9,13-14H2,1H3,(H,31,32). The predicted octanol–water partition coefficient (Wildman–Crippen LogP) is 5.07. The summed E-state index contributed by atoms with van der Waals surface area (Å²) in [5.74, 6) is -1.22. The third-order valence-corrected chi connectivity index (χ3v) is 7.41. The molecule has 2 aromatic carbocycles. The van der Waals surface area contributed by atoms with Crippen LogP contribution in [0, 0.1) is 0 Å². The molecule has 4 rings (SSSR count). The predicted molar refractivity (Wildman–Crippen MR) is 135 cm³/mol. The van der Waals surface area contributed by atoms with Crippen LogP contribution in [0.2, 0.25) is 10.0 Å². The summed E-state index contributed by atoms with van der Waals surface area (Å²) in [5.41, 5.74) is 0.130. The summed E-state index contributed by atoms with van der Waals surface area (Å²) >= 11 is 15.8. The average Bonchev–Trinajstić information content (AvgIpc) is 2.94. The Morgan fingerprint density at radius 2 is 1.68 bits per heavy atom. The molecule has 2 saturated heterocycles. The maximum absolute atomic E-state index is 13.9. The van der Waals surface area contributed by atoms with Crippen LogP contribution in [0.25, 0.3) is 0 Å². The van der Waals surface area contributed by atoms with E-state index in [0.29, 0.717) is 48.1 Å². The Balaban J connectivity index is 1.69. The number of hydrogen-bond acceptors (Lipinski definition) is 4. The highest BCUT2D eigenvalue weighted by Crippen LogP contribution is 2.40. The number of benzene rings is 2. The van der Waals surface area contributed by atoms with Crippen molar-refractivity contribution in [3.05, 3.63) is 62.5 Å². The molecule has 2 heterocycles. The number of likely N-dealkylation sites (tertiary alicyclic amines) is 1. The Hall–Kier alpha value is -2.13. The van der Waals surface area contributed by atoms with E-state index in [-0.39, 0.29) is 18.5 Å². The second-order valence-corrected chi connectivity index (χ2v) is 10.7. The first-order valence-corrected chi connectivity index (χ1v) is 12.5. The number of hydrogen-bond donors (Lipinski definition) is 1. The summed E-state index contributed by atoms with van der Waals surface area (Å²) < 4.78 is 0.924. The van der Waals surface area contributed by atoms with Gasteiger partial charge in [-0.25, -0.2) is 9.69 Å². The number of rotatable bonds is 6. The molecule has 34 heavy (non-hydrogen) atoms. The number of carbonyl (C=O) groups is 3. The maximum Gasteiger partial charge on any atom is 0.332 e. The zero-order valence-corrected chi connectivity index (χ0v) is 21.6. The van der Waals surface area contributed by atoms with Crippen LogP contribution in [-0.4, -0.2) is 64.0 Å². The molecule has 2 fully saturated rings. The fraction of sp³-hybridized carbons (Fsp3) is 0.375. The van der Waals surface area contributed by atoms with E-state index >= 15 is 0 Å². The summed E-state index contributed by atoms with van der Waals surface area (Å²) in [6.07, 6.45) is 1.49. The molecule has 0 saturated carbocycles. The number of carboxylic acids is 1. The Morgan fingerprint density at radius 3 is 2.24 bits per heavy atom. The van der Waals surface area contributed by atoms with E-state index < -0.39 is 17.5 Å². The molecule has 10 heteroatoms. The largest absolute Gasteiger partial charge is 0.480 e. The zero-order chi connectivity index (χ0) is 24.6. The van der Waals surface area contributed by atoms with Crippen LogP contribution in [0.15, 0.2) is 46.9 Å². The highest BCUT2D eigenvalue weighted by atomic mass is 79.9. The monoisotopic (exact) mass is 567 g/mol. The van der Waals surface area contributed by atoms with Gasteiger partial charge in [0.2, 0.25) is 0 Å². The number of halogens is 3. The van der Waals surface area contributed by atoms with E-state index in [1.165, 1.54) is 4.90 Å². The van der Waals surface area contributed by atoms with Crippen LogP contribution < -0.4 is 4.90 Å². The van der Waals surface area contributed by atoms with Gasteiger partial charge in [-0.3, -0.25) is 14.5 Å². The van der Waals surface area contributed by atoms with Crippen molar-refractivity contribution in [1.29, 1.82) is 0 Å². The van der Waals surface area contributed by atoms with Crippen molar-refractivity contribution in [2.75, 3.05) is 24.5 Å². The molecule has 2 aliphatic rings. The molecule has 0 spiro atoms. The minimum atomic E-state index is -1.13. The van der Waals surface area contributed by atoms with E-state index in [1.807, 2.05) is 29.2 Å².